The van der Waals surface area contributed by atoms with E-state index >= 15 is 0 Å². The molecule has 1 aliphatic rings. The van der Waals surface area contributed by atoms with Crippen LogP contribution in [0.1, 0.15) is 30.6 Å². The number of hydrogen-bond donors (Lipinski definition) is 1. The number of rotatable bonds is 5. The molecule has 4 nitrogen and oxygen atoms in total. The summed E-state index contributed by atoms with van der Waals surface area (Å²) in [4.78, 5) is 14.3. The number of likely N-dealkylation sites (tertiary alicyclic amines) is 1. The summed E-state index contributed by atoms with van der Waals surface area (Å²) >= 11 is 0. The van der Waals surface area contributed by atoms with Gasteiger partial charge >= 0.3 is 0 Å². The summed E-state index contributed by atoms with van der Waals surface area (Å²) in [5, 5.41) is 0. The summed E-state index contributed by atoms with van der Waals surface area (Å²) in [5.74, 6) is 1.76. The van der Waals surface area contributed by atoms with Gasteiger partial charge in [-0.25, -0.2) is 0 Å². The Labute approximate surface area is 120 Å². The van der Waals surface area contributed by atoms with Crippen LogP contribution in [0.4, 0.5) is 0 Å². The number of nitrogens with two attached hydrogens (primary N) is 1. The van der Waals surface area contributed by atoms with Crippen molar-refractivity contribution in [2.24, 2.45) is 17.6 Å². The van der Waals surface area contributed by atoms with Gasteiger partial charge in [0.2, 0.25) is 0 Å². The van der Waals surface area contributed by atoms with E-state index in [0.717, 1.165) is 25.3 Å². The van der Waals surface area contributed by atoms with Crippen molar-refractivity contribution in [3.05, 3.63) is 29.8 Å². The zero-order chi connectivity index (χ0) is 14.5. The highest BCUT2D eigenvalue weighted by Gasteiger charge is 2.26. The van der Waals surface area contributed by atoms with Crippen LogP contribution in [0.15, 0.2) is 24.3 Å². The second-order valence-corrected chi connectivity index (χ2v) is 5.87. The van der Waals surface area contributed by atoms with Gasteiger partial charge in [-0.15, -0.1) is 0 Å². The fraction of sp³-hybridized carbons (Fsp3) is 0.562. The lowest BCUT2D eigenvalue weighted by Gasteiger charge is -2.17. The highest BCUT2D eigenvalue weighted by atomic mass is 16.5. The molecule has 0 saturated carbocycles. The van der Waals surface area contributed by atoms with E-state index in [1.54, 1.807) is 0 Å². The summed E-state index contributed by atoms with van der Waals surface area (Å²) in [6.45, 7) is 7.10. The van der Waals surface area contributed by atoms with Crippen molar-refractivity contribution in [3.8, 4) is 5.75 Å². The molecule has 1 fully saturated rings. The van der Waals surface area contributed by atoms with Crippen LogP contribution in [0.5, 0.6) is 5.75 Å². The molecule has 110 valence electrons. The minimum atomic E-state index is 0.0796. The van der Waals surface area contributed by atoms with E-state index in [1.807, 2.05) is 29.2 Å². The van der Waals surface area contributed by atoms with Crippen molar-refractivity contribution in [3.63, 3.8) is 0 Å². The first-order valence-electron chi connectivity index (χ1n) is 7.32. The third-order valence-electron chi connectivity index (χ3n) is 3.57. The third-order valence-corrected chi connectivity index (χ3v) is 3.57. The van der Waals surface area contributed by atoms with E-state index in [2.05, 4.69) is 13.8 Å². The molecular weight excluding hydrogens is 252 g/mol. The van der Waals surface area contributed by atoms with Crippen LogP contribution < -0.4 is 10.5 Å². The van der Waals surface area contributed by atoms with Gasteiger partial charge in [-0.05, 0) is 43.0 Å². The van der Waals surface area contributed by atoms with E-state index in [4.69, 9.17) is 10.5 Å². The van der Waals surface area contributed by atoms with Gasteiger partial charge in [0.1, 0.15) is 5.75 Å². The predicted octanol–water partition coefficient (Wildman–Crippen LogP) is 2.14. The lowest BCUT2D eigenvalue weighted by molar-refractivity contribution is 0.0787. The molecule has 20 heavy (non-hydrogen) atoms. The Morgan fingerprint density at radius 1 is 1.50 bits per heavy atom. The molecule has 0 spiro atoms. The molecule has 0 aromatic heterocycles. The molecular formula is C16H24N2O2. The molecule has 4 heteroatoms. The normalized spacial score (nSPS) is 18.6. The lowest BCUT2D eigenvalue weighted by Crippen LogP contribution is -2.29. The Morgan fingerprint density at radius 2 is 2.30 bits per heavy atom. The summed E-state index contributed by atoms with van der Waals surface area (Å²) in [5.41, 5.74) is 6.37. The average molecular weight is 276 g/mol. The van der Waals surface area contributed by atoms with E-state index in [0.29, 0.717) is 30.6 Å². The highest BCUT2D eigenvalue weighted by molar-refractivity contribution is 5.94. The number of nitrogens with zero attached hydrogens (tertiary/aromatic N) is 1. The van der Waals surface area contributed by atoms with Crippen molar-refractivity contribution < 1.29 is 9.53 Å². The maximum Gasteiger partial charge on any atom is 0.253 e. The molecule has 0 radical (unpaired) electrons. The average Bonchev–Trinajstić information content (AvgIpc) is 2.93. The number of ether oxygens (including phenoxy) is 1. The van der Waals surface area contributed by atoms with Crippen molar-refractivity contribution in [1.29, 1.82) is 0 Å². The summed E-state index contributed by atoms with van der Waals surface area (Å²) in [6, 6.07) is 7.45. The van der Waals surface area contributed by atoms with Crippen LogP contribution in [0, 0.1) is 11.8 Å². The molecule has 2 N–H and O–H groups in total. The van der Waals surface area contributed by atoms with Crippen molar-refractivity contribution in [2.75, 3.05) is 26.2 Å². The highest BCUT2D eigenvalue weighted by Crippen LogP contribution is 2.20. The quantitative estimate of drug-likeness (QED) is 0.896. The molecule has 1 atom stereocenters. The lowest BCUT2D eigenvalue weighted by atomic mass is 10.1. The first kappa shape index (κ1) is 14.9. The summed E-state index contributed by atoms with van der Waals surface area (Å²) in [7, 11) is 0. The molecule has 2 rings (SSSR count). The Kier molecular flexibility index (Phi) is 5.01. The number of amides is 1. The zero-order valence-corrected chi connectivity index (χ0v) is 12.3. The van der Waals surface area contributed by atoms with Gasteiger partial charge in [-0.1, -0.05) is 19.9 Å². The maximum absolute atomic E-state index is 12.4. The van der Waals surface area contributed by atoms with Crippen LogP contribution in [0.2, 0.25) is 0 Å². The first-order valence-corrected chi connectivity index (χ1v) is 7.32. The van der Waals surface area contributed by atoms with E-state index < -0.39 is 0 Å². The van der Waals surface area contributed by atoms with Gasteiger partial charge in [-0.2, -0.15) is 0 Å². The van der Waals surface area contributed by atoms with Crippen LogP contribution in [-0.2, 0) is 0 Å². The Bertz CT molecular complexity index is 460. The molecule has 0 aliphatic carbocycles. The standard InChI is InChI=1S/C16H24N2O2/c1-12(2)11-20-15-5-3-4-14(8-15)16(19)18-7-6-13(9-17)10-18/h3-5,8,12-13H,6-7,9-11,17H2,1-2H3. The monoisotopic (exact) mass is 276 g/mol. The molecule has 1 aromatic rings. The minimum Gasteiger partial charge on any atom is -0.493 e. The zero-order valence-electron chi connectivity index (χ0n) is 12.3. The first-order chi connectivity index (χ1) is 9.60. The minimum absolute atomic E-state index is 0.0796. The van der Waals surface area contributed by atoms with Gasteiger partial charge in [0.05, 0.1) is 6.61 Å². The third kappa shape index (κ3) is 3.73. The Hall–Kier alpha value is -1.55. The number of benzene rings is 1. The molecule has 1 heterocycles. The van der Waals surface area contributed by atoms with Crippen LogP contribution in [0.3, 0.4) is 0 Å². The van der Waals surface area contributed by atoms with Crippen molar-refractivity contribution >= 4 is 5.91 Å². The second kappa shape index (κ2) is 6.75. The fourth-order valence-corrected chi connectivity index (χ4v) is 2.37. The molecule has 1 saturated heterocycles. The maximum atomic E-state index is 12.4. The molecule has 1 unspecified atom stereocenters. The number of carbonyl (C=O) groups is 1. The molecule has 1 aliphatic heterocycles. The van der Waals surface area contributed by atoms with E-state index in [1.165, 1.54) is 0 Å². The van der Waals surface area contributed by atoms with Gasteiger partial charge < -0.3 is 15.4 Å². The summed E-state index contributed by atoms with van der Waals surface area (Å²) in [6.07, 6.45) is 1.01. The predicted molar refractivity (Wildman–Crippen MR) is 79.8 cm³/mol. The molecule has 1 aromatic carbocycles. The van der Waals surface area contributed by atoms with Crippen molar-refractivity contribution in [2.45, 2.75) is 20.3 Å². The van der Waals surface area contributed by atoms with Gasteiger partial charge in [0, 0.05) is 18.7 Å². The van der Waals surface area contributed by atoms with Crippen LogP contribution in [-0.4, -0.2) is 37.0 Å². The Balaban J connectivity index is 2.01. The SMILES string of the molecule is CC(C)COc1cccc(C(=O)N2CCC(CN)C2)c1. The Morgan fingerprint density at radius 3 is 2.95 bits per heavy atom. The number of carbonyl (C=O) groups excluding carboxylic acids is 1. The second-order valence-electron chi connectivity index (χ2n) is 5.87. The van der Waals surface area contributed by atoms with E-state index in [9.17, 15) is 4.79 Å². The number of hydrogen-bond acceptors (Lipinski definition) is 3. The summed E-state index contributed by atoms with van der Waals surface area (Å²) < 4.78 is 5.67. The molecule has 1 amide bonds. The topological polar surface area (TPSA) is 55.6 Å². The van der Waals surface area contributed by atoms with E-state index in [-0.39, 0.29) is 5.91 Å². The van der Waals surface area contributed by atoms with Gasteiger partial charge in [0.25, 0.3) is 5.91 Å². The van der Waals surface area contributed by atoms with Crippen LogP contribution >= 0.6 is 0 Å². The smallest absolute Gasteiger partial charge is 0.253 e. The van der Waals surface area contributed by atoms with Crippen LogP contribution in [0.25, 0.3) is 0 Å². The van der Waals surface area contributed by atoms with Crippen molar-refractivity contribution in [1.82, 2.24) is 4.90 Å². The largest absolute Gasteiger partial charge is 0.493 e. The molecule has 0 bridgehead atoms. The fourth-order valence-electron chi connectivity index (χ4n) is 2.37. The van der Waals surface area contributed by atoms with Gasteiger partial charge in [-0.3, -0.25) is 4.79 Å². The van der Waals surface area contributed by atoms with Gasteiger partial charge in [0.15, 0.2) is 0 Å².